The first-order chi connectivity index (χ1) is 23.6. The summed E-state index contributed by atoms with van der Waals surface area (Å²) in [6.07, 6.45) is 8.55. The smallest absolute Gasteiger partial charge is 0.157 e. The lowest BCUT2D eigenvalue weighted by Gasteiger charge is -2.34. The highest BCUT2D eigenvalue weighted by Gasteiger charge is 2.44. The van der Waals surface area contributed by atoms with Crippen LogP contribution < -0.4 is 16.0 Å². The van der Waals surface area contributed by atoms with Crippen LogP contribution in [-0.4, -0.2) is 59.3 Å². The third-order valence-corrected chi connectivity index (χ3v) is 11.3. The van der Waals surface area contributed by atoms with Gasteiger partial charge in [0, 0.05) is 60.5 Å². The summed E-state index contributed by atoms with van der Waals surface area (Å²) in [5.41, 5.74) is 9.86. The zero-order chi connectivity index (χ0) is 34.3. The first-order valence-electron chi connectivity index (χ1n) is 18.2. The fraction of sp³-hybridized carbons (Fsp3) is 0.500. The summed E-state index contributed by atoms with van der Waals surface area (Å²) in [5.74, 6) is 1.22. The van der Waals surface area contributed by atoms with Gasteiger partial charge in [-0.3, -0.25) is 4.90 Å². The molecule has 0 saturated carbocycles. The highest BCUT2D eigenvalue weighted by atomic mass is 19.1. The first kappa shape index (κ1) is 33.6. The van der Waals surface area contributed by atoms with Crippen molar-refractivity contribution in [2.24, 2.45) is 5.92 Å². The normalized spacial score (nSPS) is 24.4. The maximum absolute atomic E-state index is 16.6. The number of alkyl halides is 1. The number of hydrogen-bond donors (Lipinski definition) is 2. The number of halogens is 3. The summed E-state index contributed by atoms with van der Waals surface area (Å²) < 4.78 is 44.7. The molecule has 3 unspecified atom stereocenters. The van der Waals surface area contributed by atoms with Gasteiger partial charge in [0.15, 0.2) is 5.82 Å². The zero-order valence-electron chi connectivity index (χ0n) is 28.9. The Morgan fingerprint density at radius 2 is 1.86 bits per heavy atom. The van der Waals surface area contributed by atoms with Crippen LogP contribution in [0.1, 0.15) is 76.6 Å². The van der Waals surface area contributed by atoms with Crippen molar-refractivity contribution in [2.75, 3.05) is 43.4 Å². The van der Waals surface area contributed by atoms with Crippen molar-refractivity contribution >= 4 is 33.2 Å². The zero-order valence-corrected chi connectivity index (χ0v) is 28.9. The van der Waals surface area contributed by atoms with Crippen LogP contribution in [0.15, 0.2) is 48.7 Å². The van der Waals surface area contributed by atoms with E-state index in [1.54, 1.807) is 18.2 Å². The van der Waals surface area contributed by atoms with Gasteiger partial charge < -0.3 is 16.0 Å². The summed E-state index contributed by atoms with van der Waals surface area (Å²) in [4.78, 5) is 14.2. The molecule has 4 aromatic rings. The van der Waals surface area contributed by atoms with Gasteiger partial charge in [0.1, 0.15) is 29.1 Å². The lowest BCUT2D eigenvalue weighted by molar-refractivity contribution is 0.217. The molecule has 0 spiro atoms. The van der Waals surface area contributed by atoms with E-state index in [0.29, 0.717) is 69.8 Å². The lowest BCUT2D eigenvalue weighted by atomic mass is 9.90. The predicted molar refractivity (Wildman–Crippen MR) is 195 cm³/mol. The van der Waals surface area contributed by atoms with E-state index in [1.165, 1.54) is 18.9 Å². The van der Waals surface area contributed by atoms with Gasteiger partial charge in [0.25, 0.3) is 0 Å². The van der Waals surface area contributed by atoms with Crippen molar-refractivity contribution in [3.63, 3.8) is 0 Å². The van der Waals surface area contributed by atoms with Crippen LogP contribution in [-0.2, 0) is 12.8 Å². The Balaban J connectivity index is 0.000000322. The molecule has 9 rings (SSSR count). The summed E-state index contributed by atoms with van der Waals surface area (Å²) >= 11 is 0. The second-order valence-electron chi connectivity index (χ2n) is 14.8. The van der Waals surface area contributed by atoms with E-state index in [-0.39, 0.29) is 11.4 Å². The summed E-state index contributed by atoms with van der Waals surface area (Å²) in [6.45, 7) is 12.8. The van der Waals surface area contributed by atoms with E-state index in [2.05, 4.69) is 33.6 Å². The number of aryl methyl sites for hydroxylation is 2. The number of piperidine rings is 1. The number of nitrogens with zero attached hydrogens (tertiary/aromatic N) is 4. The minimum absolute atomic E-state index is 0.236. The number of allylic oxidation sites excluding steroid dienone is 1. The Labute approximate surface area is 288 Å². The number of nitrogens with one attached hydrogen (secondary N) is 1. The molecule has 3 saturated heterocycles. The summed E-state index contributed by atoms with van der Waals surface area (Å²) in [6, 6.07) is 10.5. The minimum Gasteiger partial charge on any atom is -0.399 e. The van der Waals surface area contributed by atoms with Crippen LogP contribution in [0.2, 0.25) is 0 Å². The highest BCUT2D eigenvalue weighted by Crippen LogP contribution is 2.41. The molecule has 3 fully saturated rings. The van der Waals surface area contributed by atoms with Gasteiger partial charge in [-0.2, -0.15) is 0 Å². The molecule has 260 valence electrons. The van der Waals surface area contributed by atoms with Crippen molar-refractivity contribution in [3.8, 4) is 11.1 Å². The minimum atomic E-state index is -0.551. The van der Waals surface area contributed by atoms with E-state index in [4.69, 9.17) is 10.7 Å². The van der Waals surface area contributed by atoms with Gasteiger partial charge in [0.05, 0.1) is 0 Å². The topological polar surface area (TPSA) is 70.3 Å². The summed E-state index contributed by atoms with van der Waals surface area (Å²) in [7, 11) is 0. The predicted octanol–water partition coefficient (Wildman–Crippen LogP) is 8.50. The molecular weight excluding hydrogens is 621 g/mol. The number of aromatic nitrogens is 2. The summed E-state index contributed by atoms with van der Waals surface area (Å²) in [5, 5.41) is 5.70. The molecular formula is C40H49F3N6. The van der Waals surface area contributed by atoms with Gasteiger partial charge in [0.2, 0.25) is 0 Å². The van der Waals surface area contributed by atoms with Crippen LogP contribution in [0.4, 0.5) is 24.7 Å². The van der Waals surface area contributed by atoms with Gasteiger partial charge >= 0.3 is 0 Å². The Kier molecular flexibility index (Phi) is 9.48. The van der Waals surface area contributed by atoms with Crippen molar-refractivity contribution in [1.82, 2.24) is 20.2 Å². The maximum Gasteiger partial charge on any atom is 0.157 e. The number of nitrogen functional groups attached to an aromatic ring is 1. The third kappa shape index (κ3) is 6.71. The van der Waals surface area contributed by atoms with Crippen molar-refractivity contribution < 1.29 is 13.2 Å². The largest absolute Gasteiger partial charge is 0.399 e. The van der Waals surface area contributed by atoms with Crippen LogP contribution >= 0.6 is 0 Å². The van der Waals surface area contributed by atoms with E-state index in [0.717, 1.165) is 81.6 Å². The molecule has 49 heavy (non-hydrogen) atoms. The first-order valence-corrected chi connectivity index (χ1v) is 18.2. The molecule has 3 aromatic carbocycles. The number of anilines is 2. The fourth-order valence-corrected chi connectivity index (χ4v) is 8.71. The number of hydrogen-bond acceptors (Lipinski definition) is 6. The number of rotatable bonds is 1. The van der Waals surface area contributed by atoms with E-state index in [9.17, 15) is 4.39 Å². The van der Waals surface area contributed by atoms with Crippen molar-refractivity contribution in [2.45, 2.75) is 89.8 Å². The molecule has 5 aliphatic rings. The van der Waals surface area contributed by atoms with Crippen LogP contribution in [0.3, 0.4) is 0 Å². The van der Waals surface area contributed by atoms with E-state index >= 15 is 8.78 Å². The lowest BCUT2D eigenvalue weighted by Crippen LogP contribution is -2.37. The van der Waals surface area contributed by atoms with Gasteiger partial charge in [-0.1, -0.05) is 25.6 Å². The monoisotopic (exact) mass is 670 g/mol. The SMILES string of the molecule is C=C1CCCc2c(F)ccc3cc(N)cc(c23)-c2ccc3c(nc(CC)nc3c2F)N2CCCC(CCN1)C2.CC12CCCN1CC(F)C2. The van der Waals surface area contributed by atoms with E-state index in [1.807, 2.05) is 19.1 Å². The maximum atomic E-state index is 16.6. The molecule has 5 aliphatic heterocycles. The Bertz CT molecular complexity index is 1880. The second-order valence-corrected chi connectivity index (χ2v) is 14.8. The molecule has 6 bridgehead atoms. The van der Waals surface area contributed by atoms with Crippen LogP contribution in [0.5, 0.6) is 0 Å². The standard InChI is InChI=1S/C32H35F2N5.C8H14FN/c1-3-28-37-31-25-11-10-23(30(31)34)26-17-22(35)16-21-9-12-27(33)24(29(21)26)8-4-6-19(2)36-14-13-20-7-5-15-39(18-20)32(25)38-28;1-8-3-2-4-10(8)6-7(9)5-8/h9-12,16-17,20,36H,2-8,13-15,18,35H2,1H3;7H,2-6H2,1H3. The Morgan fingerprint density at radius 3 is 2.67 bits per heavy atom. The molecule has 1 aromatic heterocycles. The van der Waals surface area contributed by atoms with Gasteiger partial charge in [-0.25, -0.2) is 23.1 Å². The average Bonchev–Trinajstić information content (AvgIpc) is 3.58. The third-order valence-electron chi connectivity index (χ3n) is 11.3. The number of benzene rings is 3. The van der Waals surface area contributed by atoms with Gasteiger partial charge in [-0.05, 0) is 123 Å². The Hall–Kier alpha value is -3.85. The quantitative estimate of drug-likeness (QED) is 0.198. The van der Waals surface area contributed by atoms with Gasteiger partial charge in [-0.15, -0.1) is 0 Å². The molecule has 6 nitrogen and oxygen atoms in total. The van der Waals surface area contributed by atoms with Crippen molar-refractivity contribution in [1.29, 1.82) is 0 Å². The molecule has 9 heteroatoms. The van der Waals surface area contributed by atoms with Crippen LogP contribution in [0.25, 0.3) is 32.8 Å². The Morgan fingerprint density at radius 1 is 1.00 bits per heavy atom. The molecule has 3 atom stereocenters. The molecule has 3 N–H and O–H groups in total. The highest BCUT2D eigenvalue weighted by molar-refractivity contribution is 6.03. The number of nitrogens with two attached hydrogens (primary N) is 1. The van der Waals surface area contributed by atoms with E-state index < -0.39 is 12.0 Å². The fourth-order valence-electron chi connectivity index (χ4n) is 8.71. The molecule has 0 radical (unpaired) electrons. The second kappa shape index (κ2) is 13.8. The van der Waals surface area contributed by atoms with Crippen LogP contribution in [0, 0.1) is 17.6 Å². The molecule has 0 aliphatic carbocycles. The molecule has 6 heterocycles. The van der Waals surface area contributed by atoms with Crippen molar-refractivity contribution in [3.05, 3.63) is 71.7 Å². The average molecular weight is 671 g/mol. The molecule has 0 amide bonds. The number of fused-ring (bicyclic) bond motifs is 8.